The summed E-state index contributed by atoms with van der Waals surface area (Å²) >= 11 is 6.30. The van der Waals surface area contributed by atoms with Gasteiger partial charge < -0.3 is 15.4 Å². The highest BCUT2D eigenvalue weighted by Crippen LogP contribution is 2.45. The fourth-order valence-electron chi connectivity index (χ4n) is 2.85. The number of phenols is 1. The Kier molecular flexibility index (Phi) is 2.90. The second-order valence-corrected chi connectivity index (χ2v) is 5.32. The van der Waals surface area contributed by atoms with Gasteiger partial charge in [-0.15, -0.1) is 0 Å². The van der Waals surface area contributed by atoms with Crippen molar-refractivity contribution in [1.29, 1.82) is 0 Å². The summed E-state index contributed by atoms with van der Waals surface area (Å²) in [6.07, 6.45) is 4.16. The zero-order chi connectivity index (χ0) is 13.6. The minimum absolute atomic E-state index is 0.0657. The lowest BCUT2D eigenvalue weighted by molar-refractivity contribution is 0.428. The molecular weight excluding hydrogens is 264 g/mol. The number of fused-ring (bicyclic) bond motifs is 1. The Hall–Kier alpha value is -1.68. The van der Waals surface area contributed by atoms with Gasteiger partial charge in [0, 0.05) is 6.07 Å². The summed E-state index contributed by atoms with van der Waals surface area (Å²) in [6.45, 7) is 1.98. The predicted octanol–water partition coefficient (Wildman–Crippen LogP) is 3.47. The largest absolute Gasteiger partial charge is 0.506 e. The number of hydrogen-bond donors (Lipinski definition) is 2. The SMILES string of the molecule is Cc1c2c(c(Cl)c(O)c1-c1cc(N)no1)CCCC2. The van der Waals surface area contributed by atoms with E-state index in [1.165, 1.54) is 5.56 Å². The number of benzene rings is 1. The van der Waals surface area contributed by atoms with Crippen LogP contribution in [0, 0.1) is 6.92 Å². The Morgan fingerprint density at radius 3 is 2.63 bits per heavy atom. The molecule has 1 heterocycles. The molecule has 3 N–H and O–H groups in total. The smallest absolute Gasteiger partial charge is 0.173 e. The molecule has 0 atom stereocenters. The third-order valence-electron chi connectivity index (χ3n) is 3.78. The van der Waals surface area contributed by atoms with Crippen molar-refractivity contribution in [2.24, 2.45) is 0 Å². The van der Waals surface area contributed by atoms with E-state index in [1.54, 1.807) is 6.07 Å². The van der Waals surface area contributed by atoms with Gasteiger partial charge >= 0.3 is 0 Å². The van der Waals surface area contributed by atoms with Crippen LogP contribution in [0.1, 0.15) is 29.5 Å². The molecule has 0 unspecified atom stereocenters. The van der Waals surface area contributed by atoms with Gasteiger partial charge in [0.25, 0.3) is 0 Å². The van der Waals surface area contributed by atoms with Crippen molar-refractivity contribution < 1.29 is 9.63 Å². The number of aromatic hydroxyl groups is 1. The van der Waals surface area contributed by atoms with Gasteiger partial charge in [0.1, 0.15) is 5.75 Å². The molecule has 0 bridgehead atoms. The molecule has 0 saturated heterocycles. The van der Waals surface area contributed by atoms with Crippen LogP contribution in [-0.4, -0.2) is 10.3 Å². The molecule has 0 saturated carbocycles. The Morgan fingerprint density at radius 1 is 1.32 bits per heavy atom. The molecule has 1 aromatic heterocycles. The van der Waals surface area contributed by atoms with Gasteiger partial charge in [-0.05, 0) is 49.3 Å². The summed E-state index contributed by atoms with van der Waals surface area (Å²) < 4.78 is 5.16. The van der Waals surface area contributed by atoms with Crippen LogP contribution in [0.5, 0.6) is 5.75 Å². The van der Waals surface area contributed by atoms with Gasteiger partial charge in [-0.2, -0.15) is 0 Å². The highest BCUT2D eigenvalue weighted by Gasteiger charge is 2.25. The number of nitrogen functional groups attached to an aromatic ring is 1. The molecule has 3 rings (SSSR count). The lowest BCUT2D eigenvalue weighted by Crippen LogP contribution is -2.07. The second-order valence-electron chi connectivity index (χ2n) is 4.94. The highest BCUT2D eigenvalue weighted by molar-refractivity contribution is 6.33. The first-order valence-electron chi connectivity index (χ1n) is 6.35. The van der Waals surface area contributed by atoms with Crippen molar-refractivity contribution in [1.82, 2.24) is 5.16 Å². The molecule has 5 heteroatoms. The van der Waals surface area contributed by atoms with Crippen molar-refractivity contribution in [3.8, 4) is 17.1 Å². The molecule has 19 heavy (non-hydrogen) atoms. The molecule has 0 radical (unpaired) electrons. The molecule has 0 spiro atoms. The molecule has 2 aromatic rings. The van der Waals surface area contributed by atoms with Gasteiger partial charge in [0.05, 0.1) is 10.6 Å². The monoisotopic (exact) mass is 278 g/mol. The van der Waals surface area contributed by atoms with E-state index < -0.39 is 0 Å². The van der Waals surface area contributed by atoms with Gasteiger partial charge in [-0.25, -0.2) is 0 Å². The zero-order valence-corrected chi connectivity index (χ0v) is 11.4. The molecule has 0 aliphatic heterocycles. The summed E-state index contributed by atoms with van der Waals surface area (Å²) in [5, 5.41) is 14.4. The number of nitrogens with zero attached hydrogens (tertiary/aromatic N) is 1. The first kappa shape index (κ1) is 12.4. The number of nitrogens with two attached hydrogens (primary N) is 1. The van der Waals surface area contributed by atoms with Crippen molar-refractivity contribution in [3.63, 3.8) is 0 Å². The molecule has 1 aliphatic rings. The molecule has 4 nitrogen and oxygen atoms in total. The van der Waals surface area contributed by atoms with Crippen molar-refractivity contribution >= 4 is 17.4 Å². The van der Waals surface area contributed by atoms with Crippen molar-refractivity contribution in [2.45, 2.75) is 32.6 Å². The minimum Gasteiger partial charge on any atom is -0.506 e. The van der Waals surface area contributed by atoms with Crippen LogP contribution < -0.4 is 5.73 Å². The van der Waals surface area contributed by atoms with Crippen LogP contribution in [0.15, 0.2) is 10.6 Å². The van der Waals surface area contributed by atoms with E-state index in [0.29, 0.717) is 22.2 Å². The fourth-order valence-corrected chi connectivity index (χ4v) is 3.15. The van der Waals surface area contributed by atoms with Crippen LogP contribution >= 0.6 is 11.6 Å². The summed E-state index contributed by atoms with van der Waals surface area (Å²) in [6, 6.07) is 1.60. The number of phenolic OH excluding ortho intramolecular Hbond substituents is 1. The maximum absolute atomic E-state index is 10.3. The Bertz CT molecular complexity index is 649. The summed E-state index contributed by atoms with van der Waals surface area (Å²) in [5.41, 5.74) is 9.48. The second kappa shape index (κ2) is 4.46. The number of aromatic nitrogens is 1. The lowest BCUT2D eigenvalue weighted by Gasteiger charge is -2.22. The molecule has 0 fully saturated rings. The Balaban J connectivity index is 2.28. The van der Waals surface area contributed by atoms with Crippen LogP contribution in [0.4, 0.5) is 5.82 Å². The van der Waals surface area contributed by atoms with E-state index >= 15 is 0 Å². The summed E-state index contributed by atoms with van der Waals surface area (Å²) in [5.74, 6) is 0.821. The number of halogens is 1. The van der Waals surface area contributed by atoms with Crippen LogP contribution in [0.2, 0.25) is 5.02 Å². The number of rotatable bonds is 1. The average Bonchev–Trinajstić information content (AvgIpc) is 2.83. The first-order valence-corrected chi connectivity index (χ1v) is 6.72. The first-order chi connectivity index (χ1) is 9.09. The summed E-state index contributed by atoms with van der Waals surface area (Å²) in [7, 11) is 0. The maximum Gasteiger partial charge on any atom is 0.173 e. The zero-order valence-electron chi connectivity index (χ0n) is 10.7. The standard InChI is InChI=1S/C14H15ClN2O2/c1-7-8-4-2-3-5-9(8)13(15)14(18)12(7)10-6-11(16)17-19-10/h6,18H,2-5H2,1H3,(H2,16,17). The van der Waals surface area contributed by atoms with Gasteiger partial charge in [0.15, 0.2) is 11.6 Å². The number of hydrogen-bond acceptors (Lipinski definition) is 4. The molecule has 100 valence electrons. The summed E-state index contributed by atoms with van der Waals surface area (Å²) in [4.78, 5) is 0. The number of anilines is 1. The van der Waals surface area contributed by atoms with Gasteiger partial charge in [-0.3, -0.25) is 0 Å². The molecule has 1 aromatic carbocycles. The molecule has 0 amide bonds. The quantitative estimate of drug-likeness (QED) is 0.838. The third-order valence-corrected chi connectivity index (χ3v) is 4.19. The molecular formula is C14H15ClN2O2. The van der Waals surface area contributed by atoms with E-state index in [0.717, 1.165) is 36.8 Å². The van der Waals surface area contributed by atoms with E-state index in [9.17, 15) is 5.11 Å². The minimum atomic E-state index is 0.0657. The average molecular weight is 279 g/mol. The lowest BCUT2D eigenvalue weighted by atomic mass is 9.85. The van der Waals surface area contributed by atoms with E-state index in [-0.39, 0.29) is 5.75 Å². The fraction of sp³-hybridized carbons (Fsp3) is 0.357. The Labute approximate surface area is 116 Å². The third kappa shape index (κ3) is 1.87. The van der Waals surface area contributed by atoms with Crippen LogP contribution in [-0.2, 0) is 12.8 Å². The van der Waals surface area contributed by atoms with E-state index in [2.05, 4.69) is 5.16 Å². The molecule has 1 aliphatic carbocycles. The predicted molar refractivity (Wildman–Crippen MR) is 74.4 cm³/mol. The van der Waals surface area contributed by atoms with E-state index in [4.69, 9.17) is 21.9 Å². The maximum atomic E-state index is 10.3. The normalized spacial score (nSPS) is 14.4. The van der Waals surface area contributed by atoms with Crippen molar-refractivity contribution in [3.05, 3.63) is 27.8 Å². The van der Waals surface area contributed by atoms with Gasteiger partial charge in [-0.1, -0.05) is 16.8 Å². The Morgan fingerprint density at radius 2 is 2.00 bits per heavy atom. The highest BCUT2D eigenvalue weighted by atomic mass is 35.5. The van der Waals surface area contributed by atoms with E-state index in [1.807, 2.05) is 6.92 Å². The van der Waals surface area contributed by atoms with Crippen molar-refractivity contribution in [2.75, 3.05) is 5.73 Å². The van der Waals surface area contributed by atoms with Crippen LogP contribution in [0.25, 0.3) is 11.3 Å². The van der Waals surface area contributed by atoms with Crippen LogP contribution in [0.3, 0.4) is 0 Å². The van der Waals surface area contributed by atoms with Gasteiger partial charge in [0.2, 0.25) is 0 Å². The topological polar surface area (TPSA) is 72.3 Å².